The number of halogens is 1. The molecule has 1 rings (SSSR count). The van der Waals surface area contributed by atoms with Crippen molar-refractivity contribution < 1.29 is 0 Å². The third-order valence-corrected chi connectivity index (χ3v) is 4.28. The lowest BCUT2D eigenvalue weighted by Crippen LogP contribution is -2.24. The predicted molar refractivity (Wildman–Crippen MR) is 84.0 cm³/mol. The first kappa shape index (κ1) is 15.7. The predicted octanol–water partition coefficient (Wildman–Crippen LogP) is 5.23. The molecular formula is C16H26BrN. The van der Waals surface area contributed by atoms with Crippen LogP contribution in [0.2, 0.25) is 0 Å². The van der Waals surface area contributed by atoms with E-state index in [-0.39, 0.29) is 0 Å². The Morgan fingerprint density at radius 1 is 1.17 bits per heavy atom. The van der Waals surface area contributed by atoms with Gasteiger partial charge in [-0.3, -0.25) is 0 Å². The van der Waals surface area contributed by atoms with E-state index in [1.807, 2.05) is 0 Å². The lowest BCUT2D eigenvalue weighted by atomic mass is 9.89. The molecule has 0 saturated heterocycles. The average Bonchev–Trinajstić information content (AvgIpc) is 2.37. The van der Waals surface area contributed by atoms with E-state index in [0.29, 0.717) is 6.04 Å². The van der Waals surface area contributed by atoms with E-state index in [2.05, 4.69) is 67.1 Å². The third-order valence-electron chi connectivity index (χ3n) is 3.79. The summed E-state index contributed by atoms with van der Waals surface area (Å²) in [6.45, 7) is 10.0. The molecule has 1 nitrogen and oxygen atoms in total. The number of hydrogen-bond acceptors (Lipinski definition) is 1. The van der Waals surface area contributed by atoms with Crippen LogP contribution in [0, 0.1) is 12.8 Å². The van der Waals surface area contributed by atoms with Gasteiger partial charge >= 0.3 is 0 Å². The molecule has 0 aliphatic heterocycles. The smallest absolute Gasteiger partial charge is 0.0325 e. The number of benzene rings is 1. The van der Waals surface area contributed by atoms with Crippen LogP contribution in [-0.2, 0) is 0 Å². The van der Waals surface area contributed by atoms with E-state index >= 15 is 0 Å². The molecule has 1 aromatic carbocycles. The van der Waals surface area contributed by atoms with Crippen molar-refractivity contribution in [1.82, 2.24) is 5.32 Å². The largest absolute Gasteiger partial charge is 0.310 e. The van der Waals surface area contributed by atoms with E-state index in [1.165, 1.54) is 34.9 Å². The van der Waals surface area contributed by atoms with Gasteiger partial charge in [0.2, 0.25) is 0 Å². The molecule has 1 N–H and O–H groups in total. The van der Waals surface area contributed by atoms with E-state index in [4.69, 9.17) is 0 Å². The quantitative estimate of drug-likeness (QED) is 0.726. The van der Waals surface area contributed by atoms with E-state index < -0.39 is 0 Å². The highest BCUT2D eigenvalue weighted by molar-refractivity contribution is 9.10. The summed E-state index contributed by atoms with van der Waals surface area (Å²) < 4.78 is 1.18. The van der Waals surface area contributed by atoms with Gasteiger partial charge in [-0.15, -0.1) is 0 Å². The van der Waals surface area contributed by atoms with Crippen LogP contribution in [0.25, 0.3) is 0 Å². The maximum absolute atomic E-state index is 3.65. The Balaban J connectivity index is 2.92. The summed E-state index contributed by atoms with van der Waals surface area (Å²) in [5, 5.41) is 3.65. The van der Waals surface area contributed by atoms with Crippen molar-refractivity contribution in [2.75, 3.05) is 6.54 Å². The van der Waals surface area contributed by atoms with Gasteiger partial charge in [-0.05, 0) is 49.1 Å². The lowest BCUT2D eigenvalue weighted by molar-refractivity contribution is 0.374. The summed E-state index contributed by atoms with van der Waals surface area (Å²) >= 11 is 3.59. The van der Waals surface area contributed by atoms with Gasteiger partial charge in [0.1, 0.15) is 0 Å². The Morgan fingerprint density at radius 3 is 2.39 bits per heavy atom. The fraction of sp³-hybridized carbons (Fsp3) is 0.625. The first-order chi connectivity index (χ1) is 8.62. The molecule has 2 heteroatoms. The van der Waals surface area contributed by atoms with Crippen molar-refractivity contribution in [2.45, 2.75) is 53.0 Å². The maximum atomic E-state index is 3.65. The zero-order valence-electron chi connectivity index (χ0n) is 12.1. The van der Waals surface area contributed by atoms with Crippen LogP contribution < -0.4 is 5.32 Å². The second-order valence-corrected chi connectivity index (χ2v) is 5.95. The zero-order chi connectivity index (χ0) is 13.5. The van der Waals surface area contributed by atoms with Gasteiger partial charge < -0.3 is 5.32 Å². The van der Waals surface area contributed by atoms with Gasteiger partial charge in [-0.1, -0.05) is 55.6 Å². The minimum absolute atomic E-state index is 0.484. The molecule has 0 aromatic heterocycles. The lowest BCUT2D eigenvalue weighted by Gasteiger charge is -2.25. The summed E-state index contributed by atoms with van der Waals surface area (Å²) in [6.07, 6.45) is 3.77. The zero-order valence-corrected chi connectivity index (χ0v) is 13.7. The van der Waals surface area contributed by atoms with E-state index in [0.717, 1.165) is 12.5 Å². The van der Waals surface area contributed by atoms with Crippen molar-refractivity contribution >= 4 is 15.9 Å². The highest BCUT2D eigenvalue weighted by Gasteiger charge is 2.17. The fourth-order valence-corrected chi connectivity index (χ4v) is 2.89. The van der Waals surface area contributed by atoms with Crippen molar-refractivity contribution in [1.29, 1.82) is 0 Å². The van der Waals surface area contributed by atoms with Crippen LogP contribution in [0.15, 0.2) is 22.7 Å². The standard InChI is InChI=1S/C16H26BrN/c1-5-13(6-2)10-16(18-7-3)15-11-14(17)9-8-12(15)4/h8-9,11,13,16,18H,5-7,10H2,1-4H3. The van der Waals surface area contributed by atoms with Crippen LogP contribution in [0.4, 0.5) is 0 Å². The van der Waals surface area contributed by atoms with Crippen molar-refractivity contribution in [3.05, 3.63) is 33.8 Å². The molecule has 0 radical (unpaired) electrons. The fourth-order valence-electron chi connectivity index (χ4n) is 2.51. The molecule has 0 bridgehead atoms. The topological polar surface area (TPSA) is 12.0 Å². The number of hydrogen-bond donors (Lipinski definition) is 1. The first-order valence-corrected chi connectivity index (χ1v) is 7.91. The van der Waals surface area contributed by atoms with Crippen molar-refractivity contribution in [3.8, 4) is 0 Å². The molecule has 1 unspecified atom stereocenters. The van der Waals surface area contributed by atoms with Crippen molar-refractivity contribution in [2.24, 2.45) is 5.92 Å². The Kier molecular flexibility index (Phi) is 6.95. The SMILES string of the molecule is CCNC(CC(CC)CC)c1cc(Br)ccc1C. The van der Waals surface area contributed by atoms with Crippen LogP contribution in [-0.4, -0.2) is 6.54 Å². The maximum Gasteiger partial charge on any atom is 0.0325 e. The highest BCUT2D eigenvalue weighted by Crippen LogP contribution is 2.29. The second kappa shape index (κ2) is 7.96. The Bertz CT molecular complexity index is 358. The average molecular weight is 312 g/mol. The molecule has 0 amide bonds. The van der Waals surface area contributed by atoms with Crippen LogP contribution in [0.5, 0.6) is 0 Å². The molecule has 18 heavy (non-hydrogen) atoms. The molecule has 0 aliphatic carbocycles. The van der Waals surface area contributed by atoms with Gasteiger partial charge in [0, 0.05) is 10.5 Å². The molecule has 0 fully saturated rings. The van der Waals surface area contributed by atoms with Gasteiger partial charge in [0.05, 0.1) is 0 Å². The highest BCUT2D eigenvalue weighted by atomic mass is 79.9. The minimum Gasteiger partial charge on any atom is -0.310 e. The molecule has 1 aromatic rings. The molecule has 102 valence electrons. The normalized spacial score (nSPS) is 13.0. The Morgan fingerprint density at radius 2 is 1.83 bits per heavy atom. The number of aryl methyl sites for hydroxylation is 1. The monoisotopic (exact) mass is 311 g/mol. The molecule has 0 saturated carbocycles. The Hall–Kier alpha value is -0.340. The summed E-state index contributed by atoms with van der Waals surface area (Å²) in [5.41, 5.74) is 2.83. The second-order valence-electron chi connectivity index (χ2n) is 5.03. The number of rotatable bonds is 7. The first-order valence-electron chi connectivity index (χ1n) is 7.11. The van der Waals surface area contributed by atoms with E-state index in [9.17, 15) is 0 Å². The van der Waals surface area contributed by atoms with Crippen molar-refractivity contribution in [3.63, 3.8) is 0 Å². The third kappa shape index (κ3) is 4.40. The number of nitrogens with one attached hydrogen (secondary N) is 1. The summed E-state index contributed by atoms with van der Waals surface area (Å²) in [7, 11) is 0. The van der Waals surface area contributed by atoms with Gasteiger partial charge in [-0.25, -0.2) is 0 Å². The van der Waals surface area contributed by atoms with Gasteiger partial charge in [-0.2, -0.15) is 0 Å². The summed E-state index contributed by atoms with van der Waals surface area (Å²) in [6, 6.07) is 7.08. The van der Waals surface area contributed by atoms with Crippen LogP contribution in [0.3, 0.4) is 0 Å². The molecule has 1 atom stereocenters. The molecule has 0 heterocycles. The summed E-state index contributed by atoms with van der Waals surface area (Å²) in [4.78, 5) is 0. The van der Waals surface area contributed by atoms with Crippen LogP contribution in [0.1, 0.15) is 57.2 Å². The summed E-state index contributed by atoms with van der Waals surface area (Å²) in [5.74, 6) is 0.812. The minimum atomic E-state index is 0.484. The molecular weight excluding hydrogens is 286 g/mol. The van der Waals surface area contributed by atoms with Crippen LogP contribution >= 0.6 is 15.9 Å². The molecule has 0 aliphatic rings. The van der Waals surface area contributed by atoms with Gasteiger partial charge in [0.25, 0.3) is 0 Å². The van der Waals surface area contributed by atoms with E-state index in [1.54, 1.807) is 0 Å². The van der Waals surface area contributed by atoms with Gasteiger partial charge in [0.15, 0.2) is 0 Å². The molecule has 0 spiro atoms. The Labute approximate surface area is 120 Å².